The standard InChI is InChI=1S/C14H11ClN6O/c1-20-7-12(22)18-10-6-16-13(19-14(10)20)9-5-17-21-3-2-8(15)4-11(9)21/h2-6H,7H2,1H3,(H,18,22). The minimum Gasteiger partial charge on any atom is -0.349 e. The number of hydrogen-bond donors (Lipinski definition) is 1. The van der Waals surface area contributed by atoms with E-state index in [0.717, 1.165) is 11.1 Å². The van der Waals surface area contributed by atoms with Crippen LogP contribution < -0.4 is 10.2 Å². The minimum atomic E-state index is -0.0749. The first-order chi connectivity index (χ1) is 10.6. The Hall–Kier alpha value is -2.67. The second-order valence-electron chi connectivity index (χ2n) is 5.07. The molecule has 3 aromatic heterocycles. The van der Waals surface area contributed by atoms with Crippen molar-refractivity contribution in [1.29, 1.82) is 0 Å². The maximum absolute atomic E-state index is 11.5. The Bertz CT molecular complexity index is 905. The molecule has 0 aromatic carbocycles. The lowest BCUT2D eigenvalue weighted by Gasteiger charge is -2.25. The maximum atomic E-state index is 11.5. The summed E-state index contributed by atoms with van der Waals surface area (Å²) in [6.07, 6.45) is 5.10. The molecule has 0 saturated heterocycles. The number of amides is 1. The Labute approximate surface area is 130 Å². The van der Waals surface area contributed by atoms with Crippen LogP contribution in [-0.2, 0) is 4.79 Å². The lowest BCUT2D eigenvalue weighted by molar-refractivity contribution is -0.115. The van der Waals surface area contributed by atoms with Crippen LogP contribution in [0, 0.1) is 0 Å². The van der Waals surface area contributed by atoms with Crippen molar-refractivity contribution in [2.45, 2.75) is 0 Å². The molecule has 4 heterocycles. The zero-order valence-electron chi connectivity index (χ0n) is 11.6. The SMILES string of the molecule is CN1CC(=O)Nc2cnc(-c3cnn4ccc(Cl)cc34)nc21. The summed E-state index contributed by atoms with van der Waals surface area (Å²) in [4.78, 5) is 22.2. The highest BCUT2D eigenvalue weighted by Crippen LogP contribution is 2.30. The summed E-state index contributed by atoms with van der Waals surface area (Å²) in [6.45, 7) is 0.268. The van der Waals surface area contributed by atoms with Crippen LogP contribution in [0.1, 0.15) is 0 Å². The number of nitrogens with zero attached hydrogens (tertiary/aromatic N) is 5. The summed E-state index contributed by atoms with van der Waals surface area (Å²) in [7, 11) is 1.82. The van der Waals surface area contributed by atoms with E-state index in [9.17, 15) is 4.79 Å². The number of hydrogen-bond acceptors (Lipinski definition) is 5. The summed E-state index contributed by atoms with van der Waals surface area (Å²) in [5, 5.41) is 7.66. The molecule has 22 heavy (non-hydrogen) atoms. The van der Waals surface area contributed by atoms with Crippen LogP contribution in [0.3, 0.4) is 0 Å². The van der Waals surface area contributed by atoms with Crippen molar-refractivity contribution in [3.63, 3.8) is 0 Å². The van der Waals surface area contributed by atoms with Gasteiger partial charge < -0.3 is 10.2 Å². The molecular weight excluding hydrogens is 304 g/mol. The van der Waals surface area contributed by atoms with E-state index in [-0.39, 0.29) is 12.5 Å². The quantitative estimate of drug-likeness (QED) is 0.741. The lowest BCUT2D eigenvalue weighted by Crippen LogP contribution is -2.36. The molecule has 0 fully saturated rings. The molecule has 0 spiro atoms. The predicted octanol–water partition coefficient (Wildman–Crippen LogP) is 1.83. The van der Waals surface area contributed by atoms with Crippen molar-refractivity contribution in [3.05, 3.63) is 35.7 Å². The molecule has 8 heteroatoms. The third-order valence-corrected chi connectivity index (χ3v) is 3.74. The molecule has 110 valence electrons. The smallest absolute Gasteiger partial charge is 0.244 e. The van der Waals surface area contributed by atoms with Gasteiger partial charge >= 0.3 is 0 Å². The number of fused-ring (bicyclic) bond motifs is 2. The first-order valence-corrected chi connectivity index (χ1v) is 7.01. The van der Waals surface area contributed by atoms with Gasteiger partial charge in [0.1, 0.15) is 5.69 Å². The topological polar surface area (TPSA) is 75.4 Å². The molecular formula is C14H11ClN6O. The number of aromatic nitrogens is 4. The maximum Gasteiger partial charge on any atom is 0.244 e. The first kappa shape index (κ1) is 13.0. The van der Waals surface area contributed by atoms with Crippen LogP contribution in [-0.4, -0.2) is 39.1 Å². The van der Waals surface area contributed by atoms with E-state index in [1.54, 1.807) is 34.1 Å². The van der Waals surface area contributed by atoms with Crippen LogP contribution in [0.5, 0.6) is 0 Å². The van der Waals surface area contributed by atoms with E-state index in [1.165, 1.54) is 0 Å². The van der Waals surface area contributed by atoms with Crippen molar-refractivity contribution >= 4 is 34.5 Å². The van der Waals surface area contributed by atoms with Crippen molar-refractivity contribution in [2.24, 2.45) is 0 Å². The van der Waals surface area contributed by atoms with Crippen molar-refractivity contribution < 1.29 is 4.79 Å². The van der Waals surface area contributed by atoms with E-state index in [0.29, 0.717) is 22.4 Å². The normalized spacial score (nSPS) is 14.1. The number of likely N-dealkylation sites (N-methyl/N-ethyl adjacent to an activating group) is 1. The molecule has 3 aromatic rings. The van der Waals surface area contributed by atoms with E-state index < -0.39 is 0 Å². The van der Waals surface area contributed by atoms with Gasteiger partial charge in [-0.2, -0.15) is 5.10 Å². The summed E-state index contributed by atoms with van der Waals surface area (Å²) < 4.78 is 1.72. The van der Waals surface area contributed by atoms with Gasteiger partial charge in [0.2, 0.25) is 5.91 Å². The Morgan fingerprint density at radius 2 is 2.23 bits per heavy atom. The fourth-order valence-electron chi connectivity index (χ4n) is 2.49. The van der Waals surface area contributed by atoms with Gasteiger partial charge in [-0.1, -0.05) is 11.6 Å². The molecule has 0 radical (unpaired) electrons. The monoisotopic (exact) mass is 314 g/mol. The van der Waals surface area contributed by atoms with Crippen LogP contribution in [0.4, 0.5) is 11.5 Å². The molecule has 1 N–H and O–H groups in total. The molecule has 4 rings (SSSR count). The number of pyridine rings is 1. The molecule has 0 bridgehead atoms. The summed E-state index contributed by atoms with van der Waals surface area (Å²) >= 11 is 6.05. The van der Waals surface area contributed by atoms with Gasteiger partial charge in [0, 0.05) is 18.3 Å². The Morgan fingerprint density at radius 1 is 1.36 bits per heavy atom. The first-order valence-electron chi connectivity index (χ1n) is 6.63. The fraction of sp³-hybridized carbons (Fsp3) is 0.143. The van der Waals surface area contributed by atoms with Crippen LogP contribution >= 0.6 is 11.6 Å². The largest absolute Gasteiger partial charge is 0.349 e. The summed E-state index contributed by atoms with van der Waals surface area (Å²) in [5.74, 6) is 1.15. The van der Waals surface area contributed by atoms with Crippen molar-refractivity contribution in [1.82, 2.24) is 19.6 Å². The average molecular weight is 315 g/mol. The fourth-order valence-corrected chi connectivity index (χ4v) is 2.65. The van der Waals surface area contributed by atoms with Gasteiger partial charge in [0.25, 0.3) is 0 Å². The zero-order chi connectivity index (χ0) is 15.3. The van der Waals surface area contributed by atoms with Gasteiger partial charge in [-0.15, -0.1) is 0 Å². The van der Waals surface area contributed by atoms with Gasteiger partial charge in [-0.05, 0) is 12.1 Å². The average Bonchev–Trinajstić information content (AvgIpc) is 2.90. The van der Waals surface area contributed by atoms with Gasteiger partial charge in [-0.3, -0.25) is 4.79 Å². The van der Waals surface area contributed by atoms with Crippen molar-refractivity contribution in [3.8, 4) is 11.4 Å². The minimum absolute atomic E-state index is 0.0749. The van der Waals surface area contributed by atoms with Crippen LogP contribution in [0.15, 0.2) is 30.7 Å². The predicted molar refractivity (Wildman–Crippen MR) is 83.1 cm³/mol. The zero-order valence-corrected chi connectivity index (χ0v) is 12.4. The summed E-state index contributed by atoms with van der Waals surface area (Å²) in [6, 6.07) is 3.58. The second-order valence-corrected chi connectivity index (χ2v) is 5.50. The van der Waals surface area contributed by atoms with Crippen LogP contribution in [0.25, 0.3) is 16.9 Å². The number of anilines is 2. The number of carbonyl (C=O) groups excluding carboxylic acids is 1. The highest BCUT2D eigenvalue weighted by atomic mass is 35.5. The highest BCUT2D eigenvalue weighted by Gasteiger charge is 2.22. The van der Waals surface area contributed by atoms with Crippen LogP contribution in [0.2, 0.25) is 5.02 Å². The van der Waals surface area contributed by atoms with E-state index in [2.05, 4.69) is 20.4 Å². The molecule has 0 unspecified atom stereocenters. The summed E-state index contributed by atoms with van der Waals surface area (Å²) in [5.41, 5.74) is 2.22. The highest BCUT2D eigenvalue weighted by molar-refractivity contribution is 6.31. The molecule has 0 saturated carbocycles. The number of carbonyl (C=O) groups is 1. The Morgan fingerprint density at radius 3 is 3.09 bits per heavy atom. The van der Waals surface area contributed by atoms with E-state index >= 15 is 0 Å². The molecule has 0 atom stereocenters. The third kappa shape index (κ3) is 1.98. The Kier molecular flexibility index (Phi) is 2.77. The molecule has 0 aliphatic carbocycles. The molecule has 1 aliphatic heterocycles. The molecule has 1 aliphatic rings. The lowest BCUT2D eigenvalue weighted by atomic mass is 10.2. The van der Waals surface area contributed by atoms with E-state index in [1.807, 2.05) is 13.1 Å². The van der Waals surface area contributed by atoms with Gasteiger partial charge in [0.05, 0.1) is 30.0 Å². The number of rotatable bonds is 1. The van der Waals surface area contributed by atoms with Gasteiger partial charge in [0.15, 0.2) is 11.6 Å². The molecule has 1 amide bonds. The second kappa shape index (κ2) is 4.67. The molecule has 7 nitrogen and oxygen atoms in total. The van der Waals surface area contributed by atoms with Crippen molar-refractivity contribution in [2.75, 3.05) is 23.8 Å². The van der Waals surface area contributed by atoms with Gasteiger partial charge in [-0.25, -0.2) is 14.5 Å². The Balaban J connectivity index is 1.87. The number of halogens is 1. The third-order valence-electron chi connectivity index (χ3n) is 3.51. The van der Waals surface area contributed by atoms with E-state index in [4.69, 9.17) is 11.6 Å². The number of nitrogens with one attached hydrogen (secondary N) is 1.